The molecule has 9 heavy (non-hydrogen) atoms. The van der Waals surface area contributed by atoms with Crippen LogP contribution in [-0.4, -0.2) is 5.54 Å². The van der Waals surface area contributed by atoms with Gasteiger partial charge in [0.2, 0.25) is 0 Å². The van der Waals surface area contributed by atoms with Gasteiger partial charge in [0.15, 0.2) is 5.54 Å². The van der Waals surface area contributed by atoms with Crippen molar-refractivity contribution in [3.05, 3.63) is 0 Å². The Morgan fingerprint density at radius 1 is 1.67 bits per heavy atom. The van der Waals surface area contributed by atoms with Gasteiger partial charge >= 0.3 is 0 Å². The van der Waals surface area contributed by atoms with E-state index in [-0.39, 0.29) is 0 Å². The van der Waals surface area contributed by atoms with Crippen molar-refractivity contribution in [2.75, 3.05) is 0 Å². The molecule has 2 N–H and O–H groups in total. The average Bonchev–Trinajstić information content (AvgIpc) is 1.84. The van der Waals surface area contributed by atoms with Gasteiger partial charge in [-0.15, -0.1) is 4.52 Å². The molecular formula is C4H8N4S. The normalized spacial score (nSPS) is 11.8. The summed E-state index contributed by atoms with van der Waals surface area (Å²) in [6.07, 6.45) is 0. The number of nitriles is 1. The molecule has 0 aromatic heterocycles. The first kappa shape index (κ1) is 8.40. The van der Waals surface area contributed by atoms with Gasteiger partial charge < -0.3 is 0 Å². The third-order valence-electron chi connectivity index (χ3n) is 0.612. The summed E-state index contributed by atoms with van der Waals surface area (Å²) in [7, 11) is 0. The summed E-state index contributed by atoms with van der Waals surface area (Å²) in [4.78, 5) is 0. The third kappa shape index (κ3) is 3.94. The molecule has 0 spiro atoms. The van der Waals surface area contributed by atoms with Crippen molar-refractivity contribution >= 4 is 12.1 Å². The Balaban J connectivity index is 3.90. The fourth-order valence-electron chi connectivity index (χ4n) is 0.148. The minimum Gasteiger partial charge on any atom is -0.256 e. The Hall–Kier alpha value is -0.600. The lowest BCUT2D eigenvalue weighted by Gasteiger charge is -2.03. The van der Waals surface area contributed by atoms with Crippen LogP contribution in [0, 0.1) is 11.3 Å². The summed E-state index contributed by atoms with van der Waals surface area (Å²) in [5.74, 6) is 0. The zero-order valence-corrected chi connectivity index (χ0v) is 6.14. The van der Waals surface area contributed by atoms with Crippen LogP contribution < -0.4 is 5.14 Å². The summed E-state index contributed by atoms with van der Waals surface area (Å²) in [6, 6.07) is 1.95. The monoisotopic (exact) mass is 144 g/mol. The molecule has 0 bridgehead atoms. The minimum atomic E-state index is -0.744. The Labute approximate surface area is 58.4 Å². The number of hydrogen-bond donors (Lipinski definition) is 1. The number of nitrogens with zero attached hydrogens (tertiary/aromatic N) is 3. The second kappa shape index (κ2) is 3.43. The van der Waals surface area contributed by atoms with Crippen LogP contribution in [0.4, 0.5) is 0 Å². The molecule has 0 heterocycles. The molecular weight excluding hydrogens is 136 g/mol. The number of rotatable bonds is 2. The Morgan fingerprint density at radius 3 is 2.56 bits per heavy atom. The van der Waals surface area contributed by atoms with Crippen LogP contribution in [0.5, 0.6) is 0 Å². The highest BCUT2D eigenvalue weighted by Gasteiger charge is 2.13. The summed E-state index contributed by atoms with van der Waals surface area (Å²) < 4.78 is 3.41. The average molecular weight is 144 g/mol. The second-order valence-electron chi connectivity index (χ2n) is 1.96. The van der Waals surface area contributed by atoms with Crippen LogP contribution in [-0.2, 0) is 0 Å². The van der Waals surface area contributed by atoms with Gasteiger partial charge in [-0.1, -0.05) is 0 Å². The van der Waals surface area contributed by atoms with Crippen LogP contribution in [0.2, 0.25) is 0 Å². The topological polar surface area (TPSA) is 74.5 Å². The Bertz CT molecular complexity index is 145. The van der Waals surface area contributed by atoms with Gasteiger partial charge in [-0.25, -0.2) is 0 Å². The molecule has 0 saturated heterocycles. The smallest absolute Gasteiger partial charge is 0.163 e. The van der Waals surface area contributed by atoms with E-state index in [1.807, 2.05) is 6.07 Å². The van der Waals surface area contributed by atoms with Crippen molar-refractivity contribution in [1.29, 1.82) is 5.26 Å². The summed E-state index contributed by atoms with van der Waals surface area (Å²) in [6.45, 7) is 3.32. The van der Waals surface area contributed by atoms with Crippen molar-refractivity contribution in [2.45, 2.75) is 19.4 Å². The van der Waals surface area contributed by atoms with E-state index in [2.05, 4.69) is 9.63 Å². The van der Waals surface area contributed by atoms with E-state index in [0.29, 0.717) is 0 Å². The van der Waals surface area contributed by atoms with E-state index in [4.69, 9.17) is 10.4 Å². The predicted molar refractivity (Wildman–Crippen MR) is 36.3 cm³/mol. The number of nitrogens with two attached hydrogens (primary N) is 1. The van der Waals surface area contributed by atoms with Gasteiger partial charge in [-0.05, 0) is 13.8 Å². The maximum Gasteiger partial charge on any atom is 0.163 e. The molecule has 0 aromatic rings. The molecule has 0 rings (SSSR count). The van der Waals surface area contributed by atoms with Crippen LogP contribution in [0.3, 0.4) is 0 Å². The van der Waals surface area contributed by atoms with Gasteiger partial charge in [0.05, 0.1) is 18.2 Å². The van der Waals surface area contributed by atoms with Crippen LogP contribution in [0.15, 0.2) is 9.63 Å². The summed E-state index contributed by atoms with van der Waals surface area (Å²) >= 11 is 0.751. The van der Waals surface area contributed by atoms with Gasteiger partial charge in [0.1, 0.15) is 0 Å². The van der Waals surface area contributed by atoms with Crippen molar-refractivity contribution in [3.63, 3.8) is 0 Å². The standard InChI is InChI=1S/C4H8N4S/c1-4(2,3-5)7-8-9-6/h6H2,1-2H3. The zero-order chi connectivity index (χ0) is 7.33. The molecule has 0 aliphatic rings. The third-order valence-corrected chi connectivity index (χ3v) is 0.788. The molecule has 50 valence electrons. The summed E-state index contributed by atoms with van der Waals surface area (Å²) in [5, 5.41) is 16.9. The lowest BCUT2D eigenvalue weighted by Crippen LogP contribution is -2.10. The first-order valence-corrected chi connectivity index (χ1v) is 3.15. The largest absolute Gasteiger partial charge is 0.256 e. The predicted octanol–water partition coefficient (Wildman–Crippen LogP) is 1.26. The van der Waals surface area contributed by atoms with Gasteiger partial charge in [0, 0.05) is 0 Å². The highest BCUT2D eigenvalue weighted by Crippen LogP contribution is 2.08. The lowest BCUT2D eigenvalue weighted by molar-refractivity contribution is 0.642. The van der Waals surface area contributed by atoms with E-state index in [1.165, 1.54) is 0 Å². The minimum absolute atomic E-state index is 0.744. The van der Waals surface area contributed by atoms with Crippen LogP contribution in [0.25, 0.3) is 0 Å². The molecule has 0 saturated carbocycles. The maximum atomic E-state index is 8.37. The van der Waals surface area contributed by atoms with E-state index in [0.717, 1.165) is 12.1 Å². The zero-order valence-electron chi connectivity index (χ0n) is 5.33. The first-order chi connectivity index (χ1) is 4.12. The van der Waals surface area contributed by atoms with E-state index in [1.54, 1.807) is 13.8 Å². The molecule has 0 aliphatic carbocycles. The van der Waals surface area contributed by atoms with Crippen molar-refractivity contribution in [3.8, 4) is 6.07 Å². The van der Waals surface area contributed by atoms with Gasteiger partial charge in [0.25, 0.3) is 0 Å². The summed E-state index contributed by atoms with van der Waals surface area (Å²) in [5.41, 5.74) is -0.744. The molecule has 0 unspecified atom stereocenters. The van der Waals surface area contributed by atoms with Crippen LogP contribution in [0.1, 0.15) is 13.8 Å². The van der Waals surface area contributed by atoms with Crippen molar-refractivity contribution in [2.24, 2.45) is 14.8 Å². The maximum absolute atomic E-state index is 8.37. The molecule has 0 fully saturated rings. The molecule has 0 atom stereocenters. The van der Waals surface area contributed by atoms with Gasteiger partial charge in [-0.2, -0.15) is 10.4 Å². The Kier molecular flexibility index (Phi) is 3.20. The van der Waals surface area contributed by atoms with E-state index in [9.17, 15) is 0 Å². The van der Waals surface area contributed by atoms with Crippen molar-refractivity contribution < 1.29 is 0 Å². The number of hydrogen-bond acceptors (Lipinski definition) is 5. The molecule has 4 nitrogen and oxygen atoms in total. The van der Waals surface area contributed by atoms with E-state index < -0.39 is 5.54 Å². The highest BCUT2D eigenvalue weighted by atomic mass is 32.2. The SMILES string of the molecule is CC(C)(C#N)N=NSN. The highest BCUT2D eigenvalue weighted by molar-refractivity contribution is 7.95. The quantitative estimate of drug-likeness (QED) is 0.468. The van der Waals surface area contributed by atoms with Crippen LogP contribution >= 0.6 is 12.1 Å². The molecule has 0 radical (unpaired) electrons. The van der Waals surface area contributed by atoms with E-state index >= 15 is 0 Å². The fourth-order valence-corrected chi connectivity index (χ4v) is 0.399. The second-order valence-corrected chi connectivity index (χ2v) is 2.33. The first-order valence-electron chi connectivity index (χ1n) is 2.32. The van der Waals surface area contributed by atoms with Gasteiger partial charge in [-0.3, -0.25) is 5.14 Å². The fraction of sp³-hybridized carbons (Fsp3) is 0.750. The molecule has 5 heteroatoms. The molecule has 0 aliphatic heterocycles. The molecule has 0 aromatic carbocycles. The Morgan fingerprint density at radius 2 is 2.22 bits per heavy atom. The van der Waals surface area contributed by atoms with Crippen molar-refractivity contribution in [1.82, 2.24) is 0 Å². The lowest BCUT2D eigenvalue weighted by atomic mass is 10.1. The molecule has 0 amide bonds.